The summed E-state index contributed by atoms with van der Waals surface area (Å²) >= 11 is 0. The van der Waals surface area contributed by atoms with Crippen LogP contribution in [0.2, 0.25) is 0 Å². The maximum absolute atomic E-state index is 13.0. The van der Waals surface area contributed by atoms with Crippen LogP contribution in [0.5, 0.6) is 5.75 Å². The first kappa shape index (κ1) is 16.7. The summed E-state index contributed by atoms with van der Waals surface area (Å²) in [4.78, 5) is 12.2. The van der Waals surface area contributed by atoms with Crippen LogP contribution in [-0.2, 0) is 6.54 Å². The highest BCUT2D eigenvalue weighted by Gasteiger charge is 2.24. The van der Waals surface area contributed by atoms with Crippen molar-refractivity contribution >= 4 is 16.8 Å². The lowest BCUT2D eigenvalue weighted by molar-refractivity contribution is 0.0991. The fourth-order valence-corrected chi connectivity index (χ4v) is 3.07. The Morgan fingerprint density at radius 2 is 1.96 bits per heavy atom. The first-order chi connectivity index (χ1) is 13.1. The van der Waals surface area contributed by atoms with Gasteiger partial charge in [-0.25, -0.2) is 4.39 Å². The van der Waals surface area contributed by atoms with Crippen molar-refractivity contribution < 1.29 is 13.9 Å². The van der Waals surface area contributed by atoms with E-state index in [1.807, 2.05) is 24.3 Å². The zero-order valence-electron chi connectivity index (χ0n) is 14.1. The molecule has 4 aromatic rings. The summed E-state index contributed by atoms with van der Waals surface area (Å²) in [6, 6.07) is 13.2. The number of carbonyl (C=O) groups is 1. The molecule has 3 N–H and O–H groups in total. The second-order valence-corrected chi connectivity index (χ2v) is 5.79. The Hall–Kier alpha value is -3.75. The average Bonchev–Trinajstić information content (AvgIpc) is 3.29. The van der Waals surface area contributed by atoms with E-state index in [1.54, 1.807) is 16.7 Å². The number of benzene rings is 2. The third-order valence-corrected chi connectivity index (χ3v) is 4.17. The maximum atomic E-state index is 13.0. The van der Waals surface area contributed by atoms with Gasteiger partial charge in [-0.05, 0) is 35.5 Å². The molecule has 0 bridgehead atoms. The van der Waals surface area contributed by atoms with Crippen LogP contribution in [0.25, 0.3) is 22.3 Å². The van der Waals surface area contributed by atoms with Gasteiger partial charge in [0, 0.05) is 10.9 Å². The number of tetrazole rings is 1. The van der Waals surface area contributed by atoms with Crippen LogP contribution in [0.4, 0.5) is 4.39 Å². The molecule has 0 fully saturated rings. The number of nitrogens with one attached hydrogen (secondary N) is 1. The predicted molar refractivity (Wildman–Crippen MR) is 95.5 cm³/mol. The molecule has 0 aliphatic carbocycles. The van der Waals surface area contributed by atoms with E-state index < -0.39 is 5.91 Å². The summed E-state index contributed by atoms with van der Waals surface area (Å²) in [5.41, 5.74) is 7.26. The van der Waals surface area contributed by atoms with E-state index in [4.69, 9.17) is 10.5 Å². The normalized spacial score (nSPS) is 11.0. The minimum Gasteiger partial charge on any atom is -0.492 e. The van der Waals surface area contributed by atoms with Gasteiger partial charge in [-0.3, -0.25) is 4.79 Å². The van der Waals surface area contributed by atoms with Crippen molar-refractivity contribution in [2.45, 2.75) is 6.54 Å². The smallest absolute Gasteiger partial charge is 0.266 e. The van der Waals surface area contributed by atoms with Crippen molar-refractivity contribution in [3.63, 3.8) is 0 Å². The van der Waals surface area contributed by atoms with E-state index in [9.17, 15) is 9.18 Å². The number of fused-ring (bicyclic) bond motifs is 1. The molecule has 2 aromatic carbocycles. The Balaban J connectivity index is 1.72. The zero-order valence-corrected chi connectivity index (χ0v) is 14.1. The number of rotatable bonds is 6. The molecule has 27 heavy (non-hydrogen) atoms. The predicted octanol–water partition coefficient (Wildman–Crippen LogP) is 2.14. The van der Waals surface area contributed by atoms with E-state index in [0.717, 1.165) is 10.9 Å². The van der Waals surface area contributed by atoms with Crippen LogP contribution >= 0.6 is 0 Å². The topological polar surface area (TPSA) is 112 Å². The number of halogens is 1. The fraction of sp³-hybridized carbons (Fsp3) is 0.111. The van der Waals surface area contributed by atoms with Gasteiger partial charge in [-0.15, -0.1) is 10.2 Å². The first-order valence-corrected chi connectivity index (χ1v) is 8.18. The third kappa shape index (κ3) is 3.10. The summed E-state index contributed by atoms with van der Waals surface area (Å²) in [5.74, 6) is -0.114. The zero-order chi connectivity index (χ0) is 18.8. The second-order valence-electron chi connectivity index (χ2n) is 5.79. The molecule has 0 aliphatic heterocycles. The van der Waals surface area contributed by atoms with Gasteiger partial charge in [-0.2, -0.15) is 5.21 Å². The van der Waals surface area contributed by atoms with Crippen LogP contribution in [0, 0.1) is 5.82 Å². The molecule has 136 valence electrons. The van der Waals surface area contributed by atoms with Crippen LogP contribution in [0.3, 0.4) is 0 Å². The molecular weight excluding hydrogens is 351 g/mol. The standard InChI is InChI=1S/C18H15FN6O2/c19-11-5-7-12(8-6-11)27-10-9-25-14-4-2-1-3-13(14)15(16(25)17(20)26)18-21-23-24-22-18/h1-8H,9-10H2,(H2,20,26)(H,21,22,23,24). The monoisotopic (exact) mass is 366 g/mol. The van der Waals surface area contributed by atoms with Gasteiger partial charge in [-0.1, -0.05) is 18.2 Å². The van der Waals surface area contributed by atoms with Gasteiger partial charge in [0.05, 0.1) is 12.1 Å². The third-order valence-electron chi connectivity index (χ3n) is 4.17. The Morgan fingerprint density at radius 3 is 2.67 bits per heavy atom. The Kier molecular flexibility index (Phi) is 4.25. The number of amides is 1. The van der Waals surface area contributed by atoms with Gasteiger partial charge in [0.25, 0.3) is 5.91 Å². The van der Waals surface area contributed by atoms with E-state index in [-0.39, 0.29) is 18.1 Å². The van der Waals surface area contributed by atoms with Crippen molar-refractivity contribution in [3.8, 4) is 17.1 Å². The van der Waals surface area contributed by atoms with Crippen molar-refractivity contribution in [1.82, 2.24) is 25.2 Å². The number of ether oxygens (including phenoxy) is 1. The van der Waals surface area contributed by atoms with Gasteiger partial charge in [0.2, 0.25) is 5.82 Å². The lowest BCUT2D eigenvalue weighted by atomic mass is 10.1. The summed E-state index contributed by atoms with van der Waals surface area (Å²) in [5, 5.41) is 14.7. The minimum atomic E-state index is -0.604. The number of nitrogens with two attached hydrogens (primary N) is 1. The number of aromatic nitrogens is 5. The molecule has 0 spiro atoms. The quantitative estimate of drug-likeness (QED) is 0.543. The molecule has 0 aliphatic rings. The van der Waals surface area contributed by atoms with Crippen molar-refractivity contribution in [1.29, 1.82) is 0 Å². The number of primary amides is 1. The number of para-hydroxylation sites is 1. The number of nitrogens with zero attached hydrogens (tertiary/aromatic N) is 4. The molecule has 0 unspecified atom stereocenters. The highest BCUT2D eigenvalue weighted by atomic mass is 19.1. The van der Waals surface area contributed by atoms with E-state index >= 15 is 0 Å². The Labute approximate surface area is 152 Å². The van der Waals surface area contributed by atoms with Crippen molar-refractivity contribution in [3.05, 3.63) is 60.0 Å². The summed E-state index contributed by atoms with van der Waals surface area (Å²) in [6.45, 7) is 0.615. The number of hydrogen-bond donors (Lipinski definition) is 2. The van der Waals surface area contributed by atoms with Crippen LogP contribution < -0.4 is 10.5 Å². The molecule has 0 radical (unpaired) electrons. The maximum Gasteiger partial charge on any atom is 0.266 e. The second kappa shape index (κ2) is 6.87. The van der Waals surface area contributed by atoms with Crippen molar-refractivity contribution in [2.24, 2.45) is 5.73 Å². The van der Waals surface area contributed by atoms with E-state index in [1.165, 1.54) is 12.1 Å². The molecule has 8 nitrogen and oxygen atoms in total. The number of H-pyrrole nitrogens is 1. The highest BCUT2D eigenvalue weighted by Crippen LogP contribution is 2.32. The molecular formula is C18H15FN6O2. The summed E-state index contributed by atoms with van der Waals surface area (Å²) in [6.07, 6.45) is 0. The van der Waals surface area contributed by atoms with Gasteiger partial charge in [0.1, 0.15) is 23.9 Å². The van der Waals surface area contributed by atoms with Crippen LogP contribution in [-0.4, -0.2) is 37.7 Å². The average molecular weight is 366 g/mol. The molecule has 0 saturated heterocycles. The molecule has 9 heteroatoms. The molecule has 2 heterocycles. The number of carbonyl (C=O) groups excluding carboxylic acids is 1. The van der Waals surface area contributed by atoms with Gasteiger partial charge in [0.15, 0.2) is 0 Å². The fourth-order valence-electron chi connectivity index (χ4n) is 3.07. The summed E-state index contributed by atoms with van der Waals surface area (Å²) < 4.78 is 20.4. The van der Waals surface area contributed by atoms with Gasteiger partial charge < -0.3 is 15.0 Å². The molecule has 1 amide bonds. The first-order valence-electron chi connectivity index (χ1n) is 8.18. The molecule has 2 aromatic heterocycles. The lowest BCUT2D eigenvalue weighted by Gasteiger charge is -2.11. The number of aromatic amines is 1. The molecule has 0 saturated carbocycles. The van der Waals surface area contributed by atoms with Crippen LogP contribution in [0.15, 0.2) is 48.5 Å². The lowest BCUT2D eigenvalue weighted by Crippen LogP contribution is -2.20. The molecule has 4 rings (SSSR count). The van der Waals surface area contributed by atoms with Crippen LogP contribution in [0.1, 0.15) is 10.5 Å². The minimum absolute atomic E-state index is 0.260. The van der Waals surface area contributed by atoms with Gasteiger partial charge >= 0.3 is 0 Å². The molecule has 0 atom stereocenters. The van der Waals surface area contributed by atoms with Crippen molar-refractivity contribution in [2.75, 3.05) is 6.61 Å². The highest BCUT2D eigenvalue weighted by molar-refractivity contribution is 6.08. The number of hydrogen-bond acceptors (Lipinski definition) is 5. The van der Waals surface area contributed by atoms with E-state index in [2.05, 4.69) is 20.6 Å². The largest absolute Gasteiger partial charge is 0.492 e. The van der Waals surface area contributed by atoms with E-state index in [0.29, 0.717) is 23.7 Å². The Bertz CT molecular complexity index is 1090. The summed E-state index contributed by atoms with van der Waals surface area (Å²) in [7, 11) is 0. The Morgan fingerprint density at radius 1 is 1.19 bits per heavy atom. The SMILES string of the molecule is NC(=O)c1c(-c2nn[nH]n2)c2ccccc2n1CCOc1ccc(F)cc1.